The molecule has 4 aliphatic rings. The number of pyridine rings is 7. The van der Waals surface area contributed by atoms with Crippen molar-refractivity contribution in [2.75, 3.05) is 149 Å². The zero-order valence-corrected chi connectivity index (χ0v) is 76.7. The number of aryl methyl sites for hydroxylation is 6. The van der Waals surface area contributed by atoms with Gasteiger partial charge in [-0.1, -0.05) is 60.1 Å². The molecule has 9 aromatic heterocycles. The summed E-state index contributed by atoms with van der Waals surface area (Å²) >= 11 is 0. The number of hydrogen-bond acceptors (Lipinski definition) is 27. The number of nitrogens with one attached hydrogen (secondary N) is 9. The maximum absolute atomic E-state index is 11.9. The fraction of sp³-hybridized carbons (Fsp3) is 0.398. The molecule has 2 saturated carbocycles. The van der Waals surface area contributed by atoms with Crippen LogP contribution in [0.4, 0.5) is 40.6 Å². The predicted octanol–water partition coefficient (Wildman–Crippen LogP) is 14.6. The molecular formula is C93H127N25O7. The van der Waals surface area contributed by atoms with Crippen LogP contribution in [0.5, 0.6) is 0 Å². The molecule has 666 valence electrons. The van der Waals surface area contributed by atoms with Gasteiger partial charge in [0.25, 0.3) is 17.7 Å². The van der Waals surface area contributed by atoms with Gasteiger partial charge in [0.05, 0.1) is 44.1 Å². The minimum absolute atomic E-state index is 0.0154. The first-order valence-electron chi connectivity index (χ1n) is 41.9. The summed E-state index contributed by atoms with van der Waals surface area (Å²) in [5.74, 6) is 7.75. The first-order chi connectivity index (χ1) is 60.1. The summed E-state index contributed by atoms with van der Waals surface area (Å²) in [7, 11) is 26.3. The monoisotopic (exact) mass is 1710 g/mol. The Kier molecular flexibility index (Phi) is 42.1. The van der Waals surface area contributed by atoms with Crippen molar-refractivity contribution < 1.29 is 33.4 Å². The van der Waals surface area contributed by atoms with Crippen molar-refractivity contribution in [3.63, 3.8) is 0 Å². The van der Waals surface area contributed by atoms with Gasteiger partial charge in [0.1, 0.15) is 41.2 Å². The highest BCUT2D eigenvalue weighted by Gasteiger charge is 2.28. The lowest BCUT2D eigenvalue weighted by molar-refractivity contribution is 0.0591. The highest BCUT2D eigenvalue weighted by molar-refractivity contribution is 6.11. The van der Waals surface area contributed by atoms with Gasteiger partial charge in [-0.05, 0) is 185 Å². The number of H-pyrrole nitrogens is 1. The average molecular weight is 1710 g/mol. The smallest absolute Gasteiger partial charge is 0.337 e. The number of benzene rings is 1. The number of anilines is 7. The van der Waals surface area contributed by atoms with Crippen LogP contribution in [0.1, 0.15) is 206 Å². The molecule has 0 spiro atoms. The summed E-state index contributed by atoms with van der Waals surface area (Å²) in [4.78, 5) is 108. The maximum atomic E-state index is 11.9. The van der Waals surface area contributed by atoms with Gasteiger partial charge in [-0.2, -0.15) is 10.2 Å². The van der Waals surface area contributed by atoms with E-state index in [4.69, 9.17) is 4.74 Å². The summed E-state index contributed by atoms with van der Waals surface area (Å²) in [6, 6.07) is 35.7. The Hall–Kier alpha value is -13.7. The lowest BCUT2D eigenvalue weighted by Gasteiger charge is -2.12. The number of allylic oxidation sites excluding steroid dienone is 1. The number of rotatable bonds is 24. The number of carbonyl (C=O) groups excluding carboxylic acids is 5. The van der Waals surface area contributed by atoms with E-state index >= 15 is 0 Å². The summed E-state index contributed by atoms with van der Waals surface area (Å²) in [5.41, 5.74) is 16.5. The third kappa shape index (κ3) is 33.2. The molecule has 0 saturated heterocycles. The fourth-order valence-electron chi connectivity index (χ4n) is 11.8. The number of ether oxygens (including phenoxy) is 2. The number of methoxy groups -OCH3 is 2. The Labute approximate surface area is 736 Å². The molecule has 14 rings (SSSR count). The number of amides is 3. The number of hydrogen-bond donors (Lipinski definition) is 9. The summed E-state index contributed by atoms with van der Waals surface area (Å²) in [5, 5.41) is 34.6. The van der Waals surface area contributed by atoms with Crippen LogP contribution in [0.2, 0.25) is 0 Å². The largest absolute Gasteiger partial charge is 0.465 e. The Balaban J connectivity index is 0.000000218. The van der Waals surface area contributed by atoms with E-state index in [1.807, 2.05) is 162 Å². The van der Waals surface area contributed by atoms with Crippen LogP contribution in [0.15, 0.2) is 155 Å². The van der Waals surface area contributed by atoms with Crippen molar-refractivity contribution >= 4 is 94.1 Å². The van der Waals surface area contributed by atoms with Crippen LogP contribution in [-0.2, 0) is 42.2 Å². The average Bonchev–Trinajstić information content (AvgIpc) is 1.66. The maximum Gasteiger partial charge on any atom is 0.337 e. The molecule has 32 nitrogen and oxygen atoms in total. The summed E-state index contributed by atoms with van der Waals surface area (Å²) in [6.07, 6.45) is 21.5. The molecular weight excluding hydrogens is 1580 g/mol. The lowest BCUT2D eigenvalue weighted by Crippen LogP contribution is -2.22. The van der Waals surface area contributed by atoms with Gasteiger partial charge in [-0.3, -0.25) is 44.1 Å². The van der Waals surface area contributed by atoms with Crippen molar-refractivity contribution in [3.05, 3.63) is 225 Å². The molecule has 2 aliphatic carbocycles. The molecule has 9 N–H and O–H groups in total. The van der Waals surface area contributed by atoms with E-state index in [9.17, 15) is 24.0 Å². The Morgan fingerprint density at radius 1 is 0.536 bits per heavy atom. The van der Waals surface area contributed by atoms with Crippen LogP contribution in [0.25, 0.3) is 17.0 Å². The van der Waals surface area contributed by atoms with Crippen molar-refractivity contribution in [3.8, 4) is 11.4 Å². The van der Waals surface area contributed by atoms with E-state index in [0.29, 0.717) is 46.2 Å². The molecule has 2 fully saturated rings. The second-order valence-electron chi connectivity index (χ2n) is 29.5. The number of aliphatic imine (C=N–C) groups is 3. The van der Waals surface area contributed by atoms with E-state index in [2.05, 4.69) is 150 Å². The van der Waals surface area contributed by atoms with Gasteiger partial charge in [-0.25, -0.2) is 44.5 Å². The predicted molar refractivity (Wildman–Crippen MR) is 504 cm³/mol. The zero-order valence-electron chi connectivity index (χ0n) is 76.7. The Bertz CT molecular complexity index is 5200. The van der Waals surface area contributed by atoms with E-state index < -0.39 is 0 Å². The van der Waals surface area contributed by atoms with Crippen LogP contribution in [0, 0.1) is 6.92 Å². The number of esters is 2. The number of carbonyl (C=O) groups is 5. The molecule has 1 aromatic carbocycles. The van der Waals surface area contributed by atoms with E-state index in [0.717, 1.165) is 154 Å². The van der Waals surface area contributed by atoms with E-state index in [1.54, 1.807) is 106 Å². The first-order valence-corrected chi connectivity index (χ1v) is 41.9. The van der Waals surface area contributed by atoms with Crippen molar-refractivity contribution in [2.24, 2.45) is 22.0 Å². The molecule has 11 heterocycles. The lowest BCUT2D eigenvalue weighted by atomic mass is 10.1. The van der Waals surface area contributed by atoms with Crippen LogP contribution < -0.4 is 42.5 Å². The summed E-state index contributed by atoms with van der Waals surface area (Å²) in [6.45, 7) is 15.8. The van der Waals surface area contributed by atoms with Crippen molar-refractivity contribution in [1.82, 2.24) is 75.0 Å². The zero-order chi connectivity index (χ0) is 91.5. The van der Waals surface area contributed by atoms with Crippen LogP contribution in [0.3, 0.4) is 0 Å². The van der Waals surface area contributed by atoms with Crippen LogP contribution >= 0.6 is 0 Å². The second-order valence-corrected chi connectivity index (χ2v) is 29.5. The molecule has 125 heavy (non-hydrogen) atoms. The minimum Gasteiger partial charge on any atom is -0.465 e. The molecule has 0 radical (unpaired) electrons. The van der Waals surface area contributed by atoms with Gasteiger partial charge in [0.2, 0.25) is 0 Å². The fourth-order valence-corrected chi connectivity index (χ4v) is 11.8. The van der Waals surface area contributed by atoms with Crippen molar-refractivity contribution in [1.29, 1.82) is 0 Å². The van der Waals surface area contributed by atoms with Crippen molar-refractivity contribution in [2.45, 2.75) is 130 Å². The SMILES string of the molecule is CCCCc1cc(C(=O)N(C)C)cc(NC)n1.CCc1cc(C(=O)OC)cc(C(C)C)n1.CCc1cc(C(=O)OC)cc(CC)n1.CNC(=O)c1cccc(NC)c1.CNc1cc(-c2ncn[nH]2)ccn1.CNc1cc(C(=O)N(C)C)cc(C2CC2)n1.CNc1cc(C2=CCN=C2)ccn1.CNc1cc(C2=NCC=N2)cc(C)n1.CNc1cc(C2CC2)nn1C. The standard InChI is InChI=1S/C13H21N3O.C12H17N3O.C12H17NO2.C11H15NO2.C10H12N4.C10H11N3.C9H12N2O.C8H9N5.C8H13N3/c1-5-6-7-11-8-10(13(17)16(3)4)9-12(14-2)15-11;1-13-11-7-9(12(16)15(2)3)6-10(14-11)8-4-5-8;1-5-10-6-9(12(14)15-4)7-11(13-10)8(2)3;1-4-9-6-8(11(13)14-3)7-10(5-2)12-9;1-7-5-8(6-9(11-2)14-7)10-12-3-4-13-10;1-11-10-6-8(3-5-13-10)9-2-4-12-7-9;1-10-8-5-3-4-7(6-8)9(12)11-2;1-9-7-4-6(2-3-10-7)8-11-5-12-13-8;1-9-8-5-7(6-3-4-6)10-11(8)2/h8-9H,5-7H2,1-4H3,(H,14,15);6-8H,4-5H2,1-3H3,(H,13,14);6-8H,5H2,1-4H3;6-7H,4-5H2,1-3H3;3,5-6H,4H2,1-2H3,(H,11,14);2-3,5-7H,4H2,1H3,(H,11,13);3-6,10H,1-2H3,(H,11,12);2-5H,1H3,(H,9,10)(H,11,12,13);5-6,9H,3-4H2,1-2H3. The molecule has 10 aromatic rings. The van der Waals surface area contributed by atoms with E-state index in [1.165, 1.54) is 63.1 Å². The number of amidine groups is 1. The van der Waals surface area contributed by atoms with Gasteiger partial charge < -0.3 is 61.8 Å². The van der Waals surface area contributed by atoms with E-state index in [-0.39, 0.29) is 29.7 Å². The molecule has 0 atom stereocenters. The molecule has 2 aliphatic heterocycles. The minimum atomic E-state index is -0.297. The molecule has 32 heteroatoms. The number of aromatic nitrogens is 12. The molecule has 0 bridgehead atoms. The number of aromatic amines is 1. The third-order valence-corrected chi connectivity index (χ3v) is 19.2. The molecule has 3 amide bonds. The first kappa shape index (κ1) is 100. The summed E-state index contributed by atoms with van der Waals surface area (Å²) < 4.78 is 11.3. The second kappa shape index (κ2) is 52.6. The number of nitrogens with zero attached hydrogens (tertiary/aromatic N) is 16. The Morgan fingerprint density at radius 2 is 1.08 bits per heavy atom. The highest BCUT2D eigenvalue weighted by atomic mass is 16.5. The third-order valence-electron chi connectivity index (χ3n) is 19.2. The normalized spacial score (nSPS) is 12.1. The van der Waals surface area contributed by atoms with Gasteiger partial charge >= 0.3 is 11.9 Å². The highest BCUT2D eigenvalue weighted by Crippen LogP contribution is 2.41. The topological polar surface area (TPSA) is 393 Å². The Morgan fingerprint density at radius 3 is 1.57 bits per heavy atom. The number of unbranched alkanes of at least 4 members (excludes halogenated alkanes) is 1. The van der Waals surface area contributed by atoms with Gasteiger partial charge in [0.15, 0.2) is 11.7 Å². The molecule has 0 unspecified atom stereocenters. The van der Waals surface area contributed by atoms with Gasteiger partial charge in [-0.15, -0.1) is 0 Å². The quantitative estimate of drug-likeness (QED) is 0.0254. The van der Waals surface area contributed by atoms with Gasteiger partial charge in [0, 0.05) is 208 Å². The van der Waals surface area contributed by atoms with Crippen LogP contribution in [-0.4, -0.2) is 229 Å².